The molecule has 0 radical (unpaired) electrons. The van der Waals surface area contributed by atoms with Gasteiger partial charge >= 0.3 is 0 Å². The molecule has 5 nitrogen and oxygen atoms in total. The fraction of sp³-hybridized carbons (Fsp3) is 0.111. The van der Waals surface area contributed by atoms with Gasteiger partial charge in [-0.15, -0.1) is 0 Å². The second-order valence-electron chi connectivity index (χ2n) is 5.46. The number of para-hydroxylation sites is 1. The molecule has 0 atom stereocenters. The molecule has 0 unspecified atom stereocenters. The summed E-state index contributed by atoms with van der Waals surface area (Å²) < 4.78 is 4.12. The van der Waals surface area contributed by atoms with Crippen LogP contribution in [0.15, 0.2) is 67.4 Å². The summed E-state index contributed by atoms with van der Waals surface area (Å²) in [5.41, 5.74) is 5.45. The lowest BCUT2D eigenvalue weighted by Gasteiger charge is -2.13. The number of hydrogen-bond donors (Lipinski definition) is 1. The van der Waals surface area contributed by atoms with E-state index in [1.807, 2.05) is 54.7 Å². The van der Waals surface area contributed by atoms with Crippen molar-refractivity contribution >= 4 is 11.3 Å². The largest absolute Gasteiger partial charge is 0.379 e. The normalized spacial score (nSPS) is 11.0. The third kappa shape index (κ3) is 2.46. The van der Waals surface area contributed by atoms with E-state index in [9.17, 15) is 0 Å². The van der Waals surface area contributed by atoms with Gasteiger partial charge in [0, 0.05) is 36.9 Å². The van der Waals surface area contributed by atoms with E-state index >= 15 is 0 Å². The number of aryl methyl sites for hydroxylation is 1. The number of fused-ring (bicyclic) bond motifs is 1. The van der Waals surface area contributed by atoms with Gasteiger partial charge in [-0.25, -0.2) is 9.97 Å². The predicted molar refractivity (Wildman–Crippen MR) is 91.2 cm³/mol. The van der Waals surface area contributed by atoms with Gasteiger partial charge in [0.25, 0.3) is 0 Å². The first-order chi connectivity index (χ1) is 11.3. The van der Waals surface area contributed by atoms with Crippen LogP contribution in [-0.2, 0) is 13.6 Å². The predicted octanol–water partition coefficient (Wildman–Crippen LogP) is 3.35. The van der Waals surface area contributed by atoms with Gasteiger partial charge in [-0.2, -0.15) is 0 Å². The van der Waals surface area contributed by atoms with Gasteiger partial charge in [0.15, 0.2) is 0 Å². The van der Waals surface area contributed by atoms with E-state index < -0.39 is 0 Å². The molecule has 1 N–H and O–H groups in total. The molecule has 114 valence electrons. The van der Waals surface area contributed by atoms with E-state index in [1.165, 1.54) is 0 Å². The zero-order valence-corrected chi connectivity index (χ0v) is 12.8. The minimum Gasteiger partial charge on any atom is -0.379 e. The van der Waals surface area contributed by atoms with E-state index in [4.69, 9.17) is 0 Å². The maximum absolute atomic E-state index is 4.36. The maximum atomic E-state index is 4.36. The summed E-state index contributed by atoms with van der Waals surface area (Å²) in [7, 11) is 2.00. The smallest absolute Gasteiger partial charge is 0.137 e. The number of benzene rings is 1. The van der Waals surface area contributed by atoms with Crippen molar-refractivity contribution in [2.24, 2.45) is 7.05 Å². The zero-order valence-electron chi connectivity index (χ0n) is 12.8. The first-order valence-corrected chi connectivity index (χ1v) is 7.53. The fourth-order valence-electron chi connectivity index (χ4n) is 2.77. The molecule has 0 bridgehead atoms. The number of anilines is 1. The average Bonchev–Trinajstić information content (AvgIpc) is 3.21. The Hall–Kier alpha value is -3.08. The van der Waals surface area contributed by atoms with Crippen molar-refractivity contribution in [3.8, 4) is 11.3 Å². The topological polar surface area (TPSA) is 47.2 Å². The lowest BCUT2D eigenvalue weighted by molar-refractivity contribution is 0.837. The van der Waals surface area contributed by atoms with Crippen LogP contribution in [-0.4, -0.2) is 18.9 Å². The number of hydrogen-bond acceptors (Lipinski definition) is 3. The summed E-state index contributed by atoms with van der Waals surface area (Å²) in [6.45, 7) is 0.730. The van der Waals surface area contributed by atoms with Gasteiger partial charge in [0.2, 0.25) is 0 Å². The minimum atomic E-state index is 0.730. The number of rotatable bonds is 4. The number of imidazole rings is 2. The molecule has 0 aliphatic carbocycles. The summed E-state index contributed by atoms with van der Waals surface area (Å²) in [4.78, 5) is 8.52. The van der Waals surface area contributed by atoms with Crippen LogP contribution in [0.3, 0.4) is 0 Å². The van der Waals surface area contributed by atoms with Crippen LogP contribution in [0, 0.1) is 0 Å². The Morgan fingerprint density at radius 2 is 2.00 bits per heavy atom. The molecule has 0 fully saturated rings. The Morgan fingerprint density at radius 3 is 2.87 bits per heavy atom. The molecule has 0 aliphatic heterocycles. The summed E-state index contributed by atoms with van der Waals surface area (Å²) in [5, 5.41) is 3.52. The Labute approximate surface area is 134 Å². The monoisotopic (exact) mass is 303 g/mol. The number of nitrogens with zero attached hydrogens (tertiary/aromatic N) is 4. The van der Waals surface area contributed by atoms with Crippen molar-refractivity contribution in [1.29, 1.82) is 0 Å². The highest BCUT2D eigenvalue weighted by molar-refractivity contribution is 5.77. The highest BCUT2D eigenvalue weighted by atomic mass is 15.0. The first-order valence-electron chi connectivity index (χ1n) is 7.53. The van der Waals surface area contributed by atoms with Crippen molar-refractivity contribution in [1.82, 2.24) is 18.9 Å². The lowest BCUT2D eigenvalue weighted by atomic mass is 10.1. The molecular weight excluding hydrogens is 286 g/mol. The molecule has 4 aromatic rings. The summed E-state index contributed by atoms with van der Waals surface area (Å²) in [5.74, 6) is 0. The molecule has 0 saturated heterocycles. The second kappa shape index (κ2) is 5.61. The second-order valence-corrected chi connectivity index (χ2v) is 5.46. The Kier molecular flexibility index (Phi) is 3.31. The standard InChI is InChI=1S/C18H17N5/c1-22-13-19-11-14(22)12-21-16-6-3-2-5-15(16)17-7-4-8-18-20-9-10-23(17)18/h2-11,13,21H,12H2,1H3. The molecule has 1 aromatic carbocycles. The maximum Gasteiger partial charge on any atom is 0.137 e. The zero-order chi connectivity index (χ0) is 15.6. The van der Waals surface area contributed by atoms with Gasteiger partial charge in [0.05, 0.1) is 24.3 Å². The summed E-state index contributed by atoms with van der Waals surface area (Å²) >= 11 is 0. The molecule has 0 aliphatic rings. The van der Waals surface area contributed by atoms with Crippen LogP contribution in [0.5, 0.6) is 0 Å². The van der Waals surface area contributed by atoms with Gasteiger partial charge in [-0.05, 0) is 18.2 Å². The SMILES string of the molecule is Cn1cncc1CNc1ccccc1-c1cccc2nccn12. The summed E-state index contributed by atoms with van der Waals surface area (Å²) in [6, 6.07) is 14.5. The highest BCUT2D eigenvalue weighted by Crippen LogP contribution is 2.28. The third-order valence-electron chi connectivity index (χ3n) is 4.01. The molecular formula is C18H17N5. The molecule has 0 saturated carbocycles. The Morgan fingerprint density at radius 1 is 1.09 bits per heavy atom. The molecule has 0 amide bonds. The molecule has 5 heteroatoms. The van der Waals surface area contributed by atoms with Gasteiger partial charge < -0.3 is 9.88 Å². The molecule has 4 rings (SSSR count). The Balaban J connectivity index is 1.72. The van der Waals surface area contributed by atoms with E-state index in [1.54, 1.807) is 0 Å². The van der Waals surface area contributed by atoms with Crippen molar-refractivity contribution in [3.63, 3.8) is 0 Å². The van der Waals surface area contributed by atoms with Crippen molar-refractivity contribution in [2.45, 2.75) is 6.54 Å². The summed E-state index contributed by atoms with van der Waals surface area (Å²) in [6.07, 6.45) is 7.51. The third-order valence-corrected chi connectivity index (χ3v) is 4.01. The molecule has 0 spiro atoms. The van der Waals surface area contributed by atoms with Crippen LogP contribution in [0.1, 0.15) is 5.69 Å². The molecule has 23 heavy (non-hydrogen) atoms. The molecule has 3 aromatic heterocycles. The quantitative estimate of drug-likeness (QED) is 0.629. The molecule has 3 heterocycles. The average molecular weight is 303 g/mol. The van der Waals surface area contributed by atoms with Crippen LogP contribution in [0.2, 0.25) is 0 Å². The van der Waals surface area contributed by atoms with Crippen LogP contribution in [0.25, 0.3) is 16.9 Å². The van der Waals surface area contributed by atoms with E-state index in [0.717, 1.165) is 34.8 Å². The van der Waals surface area contributed by atoms with Gasteiger partial charge in [0.1, 0.15) is 5.65 Å². The van der Waals surface area contributed by atoms with Gasteiger partial charge in [-0.1, -0.05) is 24.3 Å². The first kappa shape index (κ1) is 13.6. The van der Waals surface area contributed by atoms with Crippen LogP contribution < -0.4 is 5.32 Å². The van der Waals surface area contributed by atoms with E-state index in [0.29, 0.717) is 0 Å². The van der Waals surface area contributed by atoms with Crippen molar-refractivity contribution in [3.05, 3.63) is 73.1 Å². The van der Waals surface area contributed by atoms with Crippen LogP contribution in [0.4, 0.5) is 5.69 Å². The minimum absolute atomic E-state index is 0.730. The number of aromatic nitrogens is 4. The highest BCUT2D eigenvalue weighted by Gasteiger charge is 2.09. The lowest BCUT2D eigenvalue weighted by Crippen LogP contribution is -2.05. The van der Waals surface area contributed by atoms with Crippen LogP contribution >= 0.6 is 0 Å². The van der Waals surface area contributed by atoms with Gasteiger partial charge in [-0.3, -0.25) is 4.40 Å². The number of nitrogens with one attached hydrogen (secondary N) is 1. The number of pyridine rings is 1. The van der Waals surface area contributed by atoms with Crippen molar-refractivity contribution < 1.29 is 0 Å². The van der Waals surface area contributed by atoms with Crippen molar-refractivity contribution in [2.75, 3.05) is 5.32 Å². The fourth-order valence-corrected chi connectivity index (χ4v) is 2.77. The van der Waals surface area contributed by atoms with E-state index in [-0.39, 0.29) is 0 Å². The van der Waals surface area contributed by atoms with E-state index in [2.05, 4.69) is 44.0 Å². The Bertz CT molecular complexity index is 951.